The van der Waals surface area contributed by atoms with E-state index in [2.05, 4.69) is 80.4 Å². The summed E-state index contributed by atoms with van der Waals surface area (Å²) >= 11 is 0. The van der Waals surface area contributed by atoms with E-state index in [1.54, 1.807) is 0 Å². The number of pyridine rings is 2. The summed E-state index contributed by atoms with van der Waals surface area (Å²) in [7, 11) is 0. The fourth-order valence-corrected chi connectivity index (χ4v) is 6.47. The molecule has 0 amide bonds. The first kappa shape index (κ1) is 21.6. The number of hydrogen-bond donors (Lipinski definition) is 0. The number of nitrogens with zero attached hydrogens (tertiary/aromatic N) is 4. The molecule has 3 aliphatic heterocycles. The fraction of sp³-hybridized carbons (Fsp3) is 0.290. The van der Waals surface area contributed by atoms with Crippen LogP contribution in [-0.2, 0) is 6.54 Å². The Balaban J connectivity index is 1.15. The first-order valence-corrected chi connectivity index (χ1v) is 13.1. The van der Waals surface area contributed by atoms with Crippen LogP contribution < -0.4 is 9.64 Å². The summed E-state index contributed by atoms with van der Waals surface area (Å²) in [4.78, 5) is 14.1. The Morgan fingerprint density at radius 1 is 0.778 bits per heavy atom. The highest BCUT2D eigenvalue weighted by molar-refractivity contribution is 5.81. The zero-order valence-electron chi connectivity index (χ0n) is 20.3. The average Bonchev–Trinajstić information content (AvgIpc) is 3.15. The second-order valence-corrected chi connectivity index (χ2v) is 10.3. The number of ether oxygens (including phenoxy) is 1. The molecule has 0 saturated carbocycles. The van der Waals surface area contributed by atoms with E-state index in [0.717, 1.165) is 41.4 Å². The third-order valence-electron chi connectivity index (χ3n) is 8.11. The van der Waals surface area contributed by atoms with Gasteiger partial charge >= 0.3 is 0 Å². The van der Waals surface area contributed by atoms with E-state index in [-0.39, 0.29) is 0 Å². The third kappa shape index (κ3) is 3.94. The second-order valence-electron chi connectivity index (χ2n) is 10.3. The topological polar surface area (TPSA) is 41.5 Å². The predicted molar refractivity (Wildman–Crippen MR) is 143 cm³/mol. The number of hydrogen-bond acceptors (Lipinski definition) is 5. The van der Waals surface area contributed by atoms with E-state index < -0.39 is 0 Å². The van der Waals surface area contributed by atoms with Gasteiger partial charge in [0.25, 0.3) is 0 Å². The number of aromatic nitrogens is 2. The average molecular weight is 475 g/mol. The molecule has 7 rings (SSSR count). The number of para-hydroxylation sites is 2. The highest BCUT2D eigenvalue weighted by Gasteiger charge is 2.41. The number of anilines is 2. The summed E-state index contributed by atoms with van der Waals surface area (Å²) in [5.74, 6) is 2.51. The van der Waals surface area contributed by atoms with Crippen molar-refractivity contribution in [1.29, 1.82) is 0 Å². The van der Waals surface area contributed by atoms with Gasteiger partial charge in [-0.15, -0.1) is 0 Å². The SMILES string of the molecule is c1ccc(CN2[C@@H]3CC[C@H]2CC(CN2c4ccccc4Oc4cc(-c5cccnc5)ccc42)C3)nc1. The number of piperidine rings is 1. The van der Waals surface area contributed by atoms with Crippen LogP contribution in [0.25, 0.3) is 11.1 Å². The van der Waals surface area contributed by atoms with Crippen molar-refractivity contribution in [2.75, 3.05) is 11.4 Å². The van der Waals surface area contributed by atoms with Gasteiger partial charge in [-0.3, -0.25) is 14.9 Å². The first-order chi connectivity index (χ1) is 17.8. The molecule has 2 fully saturated rings. The molecule has 2 aromatic heterocycles. The molecule has 180 valence electrons. The van der Waals surface area contributed by atoms with Gasteiger partial charge in [-0.1, -0.05) is 30.3 Å². The van der Waals surface area contributed by atoms with Crippen molar-refractivity contribution in [1.82, 2.24) is 14.9 Å². The lowest BCUT2D eigenvalue weighted by Crippen LogP contribution is -2.45. The van der Waals surface area contributed by atoms with Crippen molar-refractivity contribution in [3.63, 3.8) is 0 Å². The molecule has 0 spiro atoms. The van der Waals surface area contributed by atoms with E-state index in [9.17, 15) is 0 Å². The smallest absolute Gasteiger partial charge is 0.151 e. The Morgan fingerprint density at radius 2 is 1.61 bits per heavy atom. The molecule has 0 aliphatic carbocycles. The van der Waals surface area contributed by atoms with Crippen molar-refractivity contribution < 1.29 is 4.74 Å². The summed E-state index contributed by atoms with van der Waals surface area (Å²) in [6.45, 7) is 1.99. The lowest BCUT2D eigenvalue weighted by atomic mass is 9.89. The summed E-state index contributed by atoms with van der Waals surface area (Å²) in [5.41, 5.74) is 5.74. The molecular weight excluding hydrogens is 444 g/mol. The van der Waals surface area contributed by atoms with Gasteiger partial charge in [0, 0.05) is 49.3 Å². The van der Waals surface area contributed by atoms with Crippen LogP contribution in [0.2, 0.25) is 0 Å². The minimum atomic E-state index is 0.652. The minimum Gasteiger partial charge on any atom is -0.453 e. The van der Waals surface area contributed by atoms with E-state index in [1.165, 1.54) is 37.1 Å². The molecule has 0 radical (unpaired) electrons. The maximum atomic E-state index is 6.42. The second kappa shape index (κ2) is 9.07. The lowest BCUT2D eigenvalue weighted by Gasteiger charge is -2.42. The Morgan fingerprint density at radius 3 is 2.42 bits per heavy atom. The molecule has 3 aliphatic rings. The van der Waals surface area contributed by atoms with Crippen molar-refractivity contribution in [2.45, 2.75) is 44.3 Å². The maximum absolute atomic E-state index is 6.42. The normalized spacial score (nSPS) is 22.6. The quantitative estimate of drug-likeness (QED) is 0.317. The van der Waals surface area contributed by atoms with Gasteiger partial charge in [-0.05, 0) is 79.6 Å². The van der Waals surface area contributed by atoms with Crippen LogP contribution in [0.15, 0.2) is 91.4 Å². The van der Waals surface area contributed by atoms with E-state index in [0.29, 0.717) is 18.0 Å². The van der Waals surface area contributed by atoms with Crippen molar-refractivity contribution in [2.24, 2.45) is 5.92 Å². The molecule has 5 heteroatoms. The minimum absolute atomic E-state index is 0.652. The molecule has 2 saturated heterocycles. The van der Waals surface area contributed by atoms with Crippen LogP contribution >= 0.6 is 0 Å². The molecule has 3 atom stereocenters. The molecule has 2 bridgehead atoms. The molecular formula is C31H30N4O. The van der Waals surface area contributed by atoms with Gasteiger partial charge in [0.15, 0.2) is 11.5 Å². The summed E-state index contributed by atoms with van der Waals surface area (Å²) < 4.78 is 6.42. The number of rotatable bonds is 5. The molecule has 2 aromatic carbocycles. The summed E-state index contributed by atoms with van der Waals surface area (Å²) in [5, 5.41) is 0. The van der Waals surface area contributed by atoms with E-state index in [4.69, 9.17) is 4.74 Å². The Bertz CT molecular complexity index is 1350. The van der Waals surface area contributed by atoms with Gasteiger partial charge in [0.05, 0.1) is 17.1 Å². The zero-order valence-corrected chi connectivity index (χ0v) is 20.3. The van der Waals surface area contributed by atoms with Crippen LogP contribution in [0.4, 0.5) is 11.4 Å². The summed E-state index contributed by atoms with van der Waals surface area (Å²) in [6.07, 6.45) is 10.7. The largest absolute Gasteiger partial charge is 0.453 e. The van der Waals surface area contributed by atoms with E-state index >= 15 is 0 Å². The molecule has 5 nitrogen and oxygen atoms in total. The highest BCUT2D eigenvalue weighted by Crippen LogP contribution is 2.49. The van der Waals surface area contributed by atoms with Gasteiger partial charge in [-0.2, -0.15) is 0 Å². The summed E-state index contributed by atoms with van der Waals surface area (Å²) in [6, 6.07) is 26.7. The lowest BCUT2D eigenvalue weighted by molar-refractivity contribution is 0.0974. The molecule has 1 unspecified atom stereocenters. The number of fused-ring (bicyclic) bond motifs is 4. The Labute approximate surface area is 212 Å². The van der Waals surface area contributed by atoms with Crippen LogP contribution in [0.5, 0.6) is 11.5 Å². The Kier molecular flexibility index (Phi) is 5.43. The van der Waals surface area contributed by atoms with Gasteiger partial charge < -0.3 is 9.64 Å². The monoisotopic (exact) mass is 474 g/mol. The standard InChI is InChI=1S/C31H30N4O/c1-2-9-30-28(8-1)35(29-13-10-23(18-31(29)36-30)24-6-5-14-32-19-24)20-22-16-26-11-12-27(17-22)34(26)21-25-7-3-4-15-33-25/h1-10,13-15,18-19,22,26-27H,11-12,16-17,20-21H2/t22?,26-,27+. The van der Waals surface area contributed by atoms with Crippen LogP contribution in [0.3, 0.4) is 0 Å². The van der Waals surface area contributed by atoms with Crippen LogP contribution in [0.1, 0.15) is 31.4 Å². The third-order valence-corrected chi connectivity index (χ3v) is 8.11. The fourth-order valence-electron chi connectivity index (χ4n) is 6.47. The molecule has 4 aromatic rings. The van der Waals surface area contributed by atoms with Gasteiger partial charge in [-0.25, -0.2) is 0 Å². The van der Waals surface area contributed by atoms with Crippen molar-refractivity contribution >= 4 is 11.4 Å². The number of benzene rings is 2. The van der Waals surface area contributed by atoms with Gasteiger partial charge in [0.1, 0.15) is 0 Å². The van der Waals surface area contributed by atoms with E-state index in [1.807, 2.05) is 30.7 Å². The predicted octanol–water partition coefficient (Wildman–Crippen LogP) is 6.83. The van der Waals surface area contributed by atoms with Crippen LogP contribution in [0, 0.1) is 5.92 Å². The zero-order chi connectivity index (χ0) is 23.9. The molecule has 5 heterocycles. The van der Waals surface area contributed by atoms with Crippen molar-refractivity contribution in [3.05, 3.63) is 97.1 Å². The molecule has 36 heavy (non-hydrogen) atoms. The Hall–Kier alpha value is -3.70. The van der Waals surface area contributed by atoms with Crippen LogP contribution in [-0.4, -0.2) is 33.5 Å². The highest BCUT2D eigenvalue weighted by atomic mass is 16.5. The first-order valence-electron chi connectivity index (χ1n) is 13.1. The van der Waals surface area contributed by atoms with Gasteiger partial charge in [0.2, 0.25) is 0 Å². The van der Waals surface area contributed by atoms with Crippen molar-refractivity contribution in [3.8, 4) is 22.6 Å². The maximum Gasteiger partial charge on any atom is 0.151 e. The molecule has 0 N–H and O–H groups in total.